The quantitative estimate of drug-likeness (QED) is 0.841. The largest absolute Gasteiger partial charge is 0.340 e. The van der Waals surface area contributed by atoms with Gasteiger partial charge >= 0.3 is 0 Å². The molecule has 1 saturated heterocycles. The van der Waals surface area contributed by atoms with Crippen molar-refractivity contribution in [3.05, 3.63) is 50.3 Å². The highest BCUT2D eigenvalue weighted by molar-refractivity contribution is 7.99. The zero-order chi connectivity index (χ0) is 17.1. The van der Waals surface area contributed by atoms with Gasteiger partial charge in [0.25, 0.3) is 5.56 Å². The normalized spacial score (nSPS) is 18.4. The number of carbonyl (C=O) groups is 1. The number of thioether (sulfide) groups is 1. The molecule has 24 heavy (non-hydrogen) atoms. The number of nitrogens with zero attached hydrogens (tertiary/aromatic N) is 3. The van der Waals surface area contributed by atoms with E-state index in [2.05, 4.69) is 22.5 Å². The summed E-state index contributed by atoms with van der Waals surface area (Å²) in [6, 6.07) is 4.24. The van der Waals surface area contributed by atoms with Crippen LogP contribution in [-0.4, -0.2) is 39.2 Å². The fourth-order valence-electron chi connectivity index (χ4n) is 2.76. The van der Waals surface area contributed by atoms with Crippen molar-refractivity contribution in [3.8, 4) is 0 Å². The number of aryl methyl sites for hydroxylation is 1. The Bertz CT molecular complexity index is 771. The Morgan fingerprint density at radius 3 is 2.96 bits per heavy atom. The van der Waals surface area contributed by atoms with Crippen LogP contribution >= 0.6 is 23.1 Å². The van der Waals surface area contributed by atoms with Crippen LogP contribution < -0.4 is 5.56 Å². The molecule has 1 aliphatic heterocycles. The minimum Gasteiger partial charge on any atom is -0.340 e. The van der Waals surface area contributed by atoms with Gasteiger partial charge in [-0.25, -0.2) is 4.98 Å². The van der Waals surface area contributed by atoms with Crippen molar-refractivity contribution in [1.82, 2.24) is 14.5 Å². The monoisotopic (exact) mass is 363 g/mol. The molecule has 0 saturated carbocycles. The van der Waals surface area contributed by atoms with Gasteiger partial charge < -0.3 is 4.90 Å². The lowest BCUT2D eigenvalue weighted by molar-refractivity contribution is -0.131. The highest BCUT2D eigenvalue weighted by Gasteiger charge is 2.23. The van der Waals surface area contributed by atoms with E-state index < -0.39 is 0 Å². The molecule has 0 bridgehead atoms. The summed E-state index contributed by atoms with van der Waals surface area (Å²) in [6.07, 6.45) is 2.43. The molecule has 5 nitrogen and oxygen atoms in total. The number of hydrogen-bond acceptors (Lipinski definition) is 5. The molecule has 1 amide bonds. The van der Waals surface area contributed by atoms with Gasteiger partial charge in [0, 0.05) is 40.2 Å². The predicted octanol–water partition coefficient (Wildman–Crippen LogP) is 2.63. The number of aromatic nitrogens is 2. The average Bonchev–Trinajstić information content (AvgIpc) is 3.00. The Hall–Kier alpha value is -1.60. The van der Waals surface area contributed by atoms with E-state index in [0.29, 0.717) is 16.5 Å². The fraction of sp³-hybridized carbons (Fsp3) is 0.471. The number of carbonyl (C=O) groups excluding carboxylic acids is 1. The van der Waals surface area contributed by atoms with Crippen molar-refractivity contribution in [2.45, 2.75) is 32.1 Å². The van der Waals surface area contributed by atoms with E-state index in [4.69, 9.17) is 0 Å². The smallest absolute Gasteiger partial charge is 0.256 e. The van der Waals surface area contributed by atoms with Crippen molar-refractivity contribution in [3.63, 3.8) is 0 Å². The summed E-state index contributed by atoms with van der Waals surface area (Å²) < 4.78 is 1.42. The van der Waals surface area contributed by atoms with Crippen LogP contribution in [-0.2, 0) is 11.3 Å². The lowest BCUT2D eigenvalue weighted by Gasteiger charge is -2.20. The van der Waals surface area contributed by atoms with Gasteiger partial charge in [0.1, 0.15) is 6.54 Å². The standard InChI is InChI=1S/C17H21N3O2S2/c1-12-13(2)18-11-20(17(12)22)10-16(21)19-6-5-15(24-9-7-19)14-4-3-8-23-14/h3-4,8,11,15H,5-7,9-10H2,1-2H3/t15-/m0/s1. The van der Waals surface area contributed by atoms with Gasteiger partial charge in [-0.3, -0.25) is 14.2 Å². The molecular formula is C17H21N3O2S2. The third kappa shape index (κ3) is 3.72. The Morgan fingerprint density at radius 1 is 1.38 bits per heavy atom. The third-order valence-corrected chi connectivity index (χ3v) is 6.82. The van der Waals surface area contributed by atoms with E-state index >= 15 is 0 Å². The molecule has 3 rings (SSSR count). The molecule has 0 unspecified atom stereocenters. The number of amides is 1. The second kappa shape index (κ2) is 7.53. The number of rotatable bonds is 3. The summed E-state index contributed by atoms with van der Waals surface area (Å²) >= 11 is 3.69. The molecule has 2 aromatic rings. The maximum absolute atomic E-state index is 12.6. The van der Waals surface area contributed by atoms with Crippen LogP contribution in [0, 0.1) is 13.8 Å². The Kier molecular flexibility index (Phi) is 5.40. The summed E-state index contributed by atoms with van der Waals surface area (Å²) in [5, 5.41) is 2.57. The topological polar surface area (TPSA) is 55.2 Å². The first-order chi connectivity index (χ1) is 11.6. The highest BCUT2D eigenvalue weighted by atomic mass is 32.2. The summed E-state index contributed by atoms with van der Waals surface area (Å²) in [7, 11) is 0. The molecule has 1 fully saturated rings. The van der Waals surface area contributed by atoms with E-state index in [1.807, 2.05) is 16.7 Å². The first kappa shape index (κ1) is 17.2. The van der Waals surface area contributed by atoms with Crippen LogP contribution in [0.25, 0.3) is 0 Å². The van der Waals surface area contributed by atoms with Gasteiger partial charge in [0.2, 0.25) is 5.91 Å². The molecule has 0 spiro atoms. The number of hydrogen-bond donors (Lipinski definition) is 0. The molecule has 0 radical (unpaired) electrons. The Labute approximate surface area is 149 Å². The Balaban J connectivity index is 1.66. The molecule has 1 aliphatic rings. The van der Waals surface area contributed by atoms with Gasteiger partial charge in [-0.05, 0) is 31.7 Å². The molecule has 2 aromatic heterocycles. The summed E-state index contributed by atoms with van der Waals surface area (Å²) in [5.41, 5.74) is 1.19. The number of thiophene rings is 1. The van der Waals surface area contributed by atoms with E-state index in [0.717, 1.165) is 25.3 Å². The maximum atomic E-state index is 12.6. The van der Waals surface area contributed by atoms with Crippen molar-refractivity contribution in [2.75, 3.05) is 18.8 Å². The zero-order valence-corrected chi connectivity index (χ0v) is 15.5. The van der Waals surface area contributed by atoms with Gasteiger partial charge in [0.15, 0.2) is 0 Å². The van der Waals surface area contributed by atoms with Crippen molar-refractivity contribution in [1.29, 1.82) is 0 Å². The van der Waals surface area contributed by atoms with Crippen LogP contribution in [0.2, 0.25) is 0 Å². The molecule has 0 aliphatic carbocycles. The second-order valence-corrected chi connectivity index (χ2v) is 8.22. The second-order valence-electron chi connectivity index (χ2n) is 5.93. The predicted molar refractivity (Wildman–Crippen MR) is 98.7 cm³/mol. The van der Waals surface area contributed by atoms with Crippen molar-refractivity contribution in [2.24, 2.45) is 0 Å². The molecule has 128 valence electrons. The first-order valence-electron chi connectivity index (χ1n) is 8.01. The van der Waals surface area contributed by atoms with Crippen LogP contribution in [0.3, 0.4) is 0 Å². The third-order valence-electron chi connectivity index (χ3n) is 4.38. The van der Waals surface area contributed by atoms with Gasteiger partial charge in [-0.15, -0.1) is 11.3 Å². The Morgan fingerprint density at radius 2 is 2.21 bits per heavy atom. The average molecular weight is 364 g/mol. The van der Waals surface area contributed by atoms with Crippen LogP contribution in [0.4, 0.5) is 0 Å². The van der Waals surface area contributed by atoms with E-state index in [1.54, 1.807) is 25.2 Å². The lowest BCUT2D eigenvalue weighted by Crippen LogP contribution is -2.38. The SMILES string of the molecule is Cc1ncn(CC(=O)N2CCS[C@H](c3cccs3)CC2)c(=O)c1C. The van der Waals surface area contributed by atoms with Crippen molar-refractivity contribution >= 4 is 29.0 Å². The van der Waals surface area contributed by atoms with E-state index in [-0.39, 0.29) is 18.0 Å². The maximum Gasteiger partial charge on any atom is 0.256 e. The summed E-state index contributed by atoms with van der Waals surface area (Å²) in [5.74, 6) is 0.920. The van der Waals surface area contributed by atoms with E-state index in [1.165, 1.54) is 15.8 Å². The van der Waals surface area contributed by atoms with Gasteiger partial charge in [-0.1, -0.05) is 6.07 Å². The molecule has 1 atom stereocenters. The molecule has 0 aromatic carbocycles. The molecular weight excluding hydrogens is 342 g/mol. The minimum absolute atomic E-state index is 0.00502. The fourth-order valence-corrected chi connectivity index (χ4v) is 4.99. The van der Waals surface area contributed by atoms with Gasteiger partial charge in [0.05, 0.1) is 6.33 Å². The zero-order valence-electron chi connectivity index (χ0n) is 13.9. The molecule has 7 heteroatoms. The lowest BCUT2D eigenvalue weighted by atomic mass is 10.2. The molecule has 3 heterocycles. The van der Waals surface area contributed by atoms with Crippen molar-refractivity contribution < 1.29 is 4.79 Å². The minimum atomic E-state index is -0.128. The van der Waals surface area contributed by atoms with Crippen LogP contribution in [0.5, 0.6) is 0 Å². The van der Waals surface area contributed by atoms with Crippen LogP contribution in [0.1, 0.15) is 27.8 Å². The summed E-state index contributed by atoms with van der Waals surface area (Å²) in [4.78, 5) is 32.3. The van der Waals surface area contributed by atoms with Crippen LogP contribution in [0.15, 0.2) is 28.6 Å². The van der Waals surface area contributed by atoms with Gasteiger partial charge in [-0.2, -0.15) is 11.8 Å². The molecule has 0 N–H and O–H groups in total. The van der Waals surface area contributed by atoms with E-state index in [9.17, 15) is 9.59 Å². The highest BCUT2D eigenvalue weighted by Crippen LogP contribution is 2.36. The summed E-state index contributed by atoms with van der Waals surface area (Å²) in [6.45, 7) is 5.10. The first-order valence-corrected chi connectivity index (χ1v) is 9.94.